The summed E-state index contributed by atoms with van der Waals surface area (Å²) in [6, 6.07) is 7.76. The third-order valence-electron chi connectivity index (χ3n) is 4.71. The number of aromatic nitrogens is 3. The van der Waals surface area contributed by atoms with Crippen molar-refractivity contribution in [3.05, 3.63) is 41.5 Å². The highest BCUT2D eigenvalue weighted by molar-refractivity contribution is 14.0. The van der Waals surface area contributed by atoms with E-state index in [-0.39, 0.29) is 29.9 Å². The maximum absolute atomic E-state index is 12.1. The Morgan fingerprint density at radius 2 is 1.87 bits per heavy atom. The van der Waals surface area contributed by atoms with Crippen LogP contribution in [0.2, 0.25) is 0 Å². The van der Waals surface area contributed by atoms with Gasteiger partial charge in [-0.15, -0.1) is 34.2 Å². The van der Waals surface area contributed by atoms with Crippen molar-refractivity contribution in [2.75, 3.05) is 20.7 Å². The number of nitrogens with one attached hydrogen (secondary N) is 3. The fourth-order valence-electron chi connectivity index (χ4n) is 2.57. The van der Waals surface area contributed by atoms with Crippen LogP contribution in [-0.4, -0.2) is 47.3 Å². The number of carbonyl (C=O) groups is 1. The summed E-state index contributed by atoms with van der Waals surface area (Å²) in [5, 5.41) is 17.5. The number of carbonyl (C=O) groups excluding carboxylic acids is 1. The van der Waals surface area contributed by atoms with E-state index < -0.39 is 5.41 Å². The van der Waals surface area contributed by atoms with Gasteiger partial charge in [0.1, 0.15) is 11.6 Å². The first-order valence-electron chi connectivity index (χ1n) is 9.49. The van der Waals surface area contributed by atoms with E-state index in [4.69, 9.17) is 4.74 Å². The predicted octanol–water partition coefficient (Wildman–Crippen LogP) is 1.76. The molecule has 0 aliphatic carbocycles. The Balaban J connectivity index is 0.00000450. The molecule has 0 saturated heterocycles. The normalized spacial score (nSPS) is 11.5. The molecule has 0 fully saturated rings. The standard InChI is InChI=1S/C20H31N7O2.HI/c1-14-25-26-17(27(14)5)12-23-19(24-13-20(2,3)18(28)21-4)22-11-15-7-9-16(29-6)10-8-15;/h7-10H,11-13H2,1-6H3,(H,21,28)(H2,22,23,24);1H. The average Bonchev–Trinajstić information content (AvgIpc) is 3.05. The zero-order chi connectivity index (χ0) is 21.4. The van der Waals surface area contributed by atoms with Crippen molar-refractivity contribution in [2.24, 2.45) is 17.5 Å². The summed E-state index contributed by atoms with van der Waals surface area (Å²) in [4.78, 5) is 16.7. The molecule has 0 radical (unpaired) electrons. The number of guanidine groups is 1. The van der Waals surface area contributed by atoms with Crippen LogP contribution in [0.4, 0.5) is 0 Å². The number of amides is 1. The Bertz CT molecular complexity index is 847. The van der Waals surface area contributed by atoms with Gasteiger partial charge < -0.3 is 25.3 Å². The number of hydrogen-bond acceptors (Lipinski definition) is 5. The smallest absolute Gasteiger partial charge is 0.227 e. The van der Waals surface area contributed by atoms with E-state index >= 15 is 0 Å². The summed E-state index contributed by atoms with van der Waals surface area (Å²) in [7, 11) is 5.20. The van der Waals surface area contributed by atoms with E-state index in [1.165, 1.54) is 0 Å². The lowest BCUT2D eigenvalue weighted by Crippen LogP contribution is -2.47. The average molecular weight is 529 g/mol. The zero-order valence-corrected chi connectivity index (χ0v) is 20.8. The van der Waals surface area contributed by atoms with Crippen LogP contribution in [0.25, 0.3) is 0 Å². The number of hydrogen-bond donors (Lipinski definition) is 3. The third kappa shape index (κ3) is 7.15. The molecule has 0 aliphatic heterocycles. The summed E-state index contributed by atoms with van der Waals surface area (Å²) in [5.74, 6) is 3.00. The van der Waals surface area contributed by atoms with Crippen LogP contribution in [-0.2, 0) is 24.9 Å². The Hall–Kier alpha value is -2.37. The Morgan fingerprint density at radius 3 is 2.40 bits per heavy atom. The van der Waals surface area contributed by atoms with Gasteiger partial charge in [0, 0.05) is 20.6 Å². The van der Waals surface area contributed by atoms with Crippen LogP contribution >= 0.6 is 24.0 Å². The molecule has 0 saturated carbocycles. The lowest BCUT2D eigenvalue weighted by Gasteiger charge is -2.24. The van der Waals surface area contributed by atoms with E-state index in [0.717, 1.165) is 23.0 Å². The van der Waals surface area contributed by atoms with Gasteiger partial charge in [0.05, 0.1) is 25.6 Å². The first kappa shape index (κ1) is 25.7. The van der Waals surface area contributed by atoms with Crippen molar-refractivity contribution < 1.29 is 9.53 Å². The molecule has 1 amide bonds. The van der Waals surface area contributed by atoms with Gasteiger partial charge in [-0.2, -0.15) is 0 Å². The topological polar surface area (TPSA) is 105 Å². The van der Waals surface area contributed by atoms with E-state index in [9.17, 15) is 4.79 Å². The molecule has 9 nitrogen and oxygen atoms in total. The molecule has 166 valence electrons. The molecule has 0 bridgehead atoms. The number of aliphatic imine (C=N–C) groups is 1. The Kier molecular flexibility index (Phi) is 10.0. The van der Waals surface area contributed by atoms with Gasteiger partial charge in [-0.1, -0.05) is 12.1 Å². The minimum atomic E-state index is -0.585. The van der Waals surface area contributed by atoms with E-state index in [2.05, 4.69) is 31.1 Å². The van der Waals surface area contributed by atoms with Crippen molar-refractivity contribution in [1.82, 2.24) is 30.7 Å². The van der Waals surface area contributed by atoms with Crippen molar-refractivity contribution >= 4 is 35.8 Å². The first-order chi connectivity index (χ1) is 13.8. The summed E-state index contributed by atoms with van der Waals surface area (Å²) < 4.78 is 7.11. The van der Waals surface area contributed by atoms with Gasteiger partial charge >= 0.3 is 0 Å². The molecule has 30 heavy (non-hydrogen) atoms. The second-order valence-electron chi connectivity index (χ2n) is 7.41. The first-order valence-corrected chi connectivity index (χ1v) is 9.49. The van der Waals surface area contributed by atoms with Gasteiger partial charge in [-0.25, -0.2) is 4.99 Å². The van der Waals surface area contributed by atoms with Crippen molar-refractivity contribution in [2.45, 2.75) is 33.9 Å². The van der Waals surface area contributed by atoms with E-state index in [0.29, 0.717) is 25.6 Å². The van der Waals surface area contributed by atoms with Crippen LogP contribution in [0.5, 0.6) is 5.75 Å². The molecule has 3 N–H and O–H groups in total. The second-order valence-corrected chi connectivity index (χ2v) is 7.41. The minimum absolute atomic E-state index is 0. The lowest BCUT2D eigenvalue weighted by atomic mass is 9.92. The van der Waals surface area contributed by atoms with Crippen molar-refractivity contribution in [3.63, 3.8) is 0 Å². The highest BCUT2D eigenvalue weighted by Gasteiger charge is 2.26. The van der Waals surface area contributed by atoms with Crippen molar-refractivity contribution in [1.29, 1.82) is 0 Å². The van der Waals surface area contributed by atoms with Gasteiger partial charge in [0.15, 0.2) is 11.8 Å². The van der Waals surface area contributed by atoms with Gasteiger partial charge in [0.25, 0.3) is 0 Å². The zero-order valence-electron chi connectivity index (χ0n) is 18.4. The fourth-order valence-corrected chi connectivity index (χ4v) is 2.57. The molecule has 1 aromatic heterocycles. The number of halogens is 1. The van der Waals surface area contributed by atoms with Crippen LogP contribution in [0.15, 0.2) is 29.3 Å². The molecule has 1 aromatic carbocycles. The van der Waals surface area contributed by atoms with Crippen molar-refractivity contribution in [3.8, 4) is 5.75 Å². The van der Waals surface area contributed by atoms with E-state index in [1.54, 1.807) is 14.2 Å². The molecule has 0 spiro atoms. The van der Waals surface area contributed by atoms with Gasteiger partial charge in [-0.05, 0) is 38.5 Å². The molecule has 0 aliphatic rings. The second kappa shape index (κ2) is 11.7. The molecule has 2 rings (SSSR count). The molecule has 0 atom stereocenters. The number of ether oxygens (including phenoxy) is 1. The highest BCUT2D eigenvalue weighted by Crippen LogP contribution is 2.14. The minimum Gasteiger partial charge on any atom is -0.497 e. The van der Waals surface area contributed by atoms with Crippen LogP contribution in [0.1, 0.15) is 31.1 Å². The summed E-state index contributed by atoms with van der Waals surface area (Å²) in [5.41, 5.74) is 0.463. The van der Waals surface area contributed by atoms with E-state index in [1.807, 2.05) is 56.7 Å². The number of rotatable bonds is 8. The fraction of sp³-hybridized carbons (Fsp3) is 0.500. The van der Waals surface area contributed by atoms with Crippen LogP contribution < -0.4 is 20.7 Å². The molecule has 10 heteroatoms. The predicted molar refractivity (Wildman–Crippen MR) is 128 cm³/mol. The van der Waals surface area contributed by atoms with Crippen LogP contribution in [0.3, 0.4) is 0 Å². The SMILES string of the molecule is CNC(=O)C(C)(C)CNC(=NCc1ccc(OC)cc1)NCc1nnc(C)n1C.I. The maximum Gasteiger partial charge on any atom is 0.227 e. The summed E-state index contributed by atoms with van der Waals surface area (Å²) >= 11 is 0. The lowest BCUT2D eigenvalue weighted by molar-refractivity contribution is -0.128. The maximum atomic E-state index is 12.1. The molecular formula is C20H32IN7O2. The molecular weight excluding hydrogens is 497 g/mol. The molecule has 1 heterocycles. The Morgan fingerprint density at radius 1 is 1.20 bits per heavy atom. The van der Waals surface area contributed by atoms with Gasteiger partial charge in [0.2, 0.25) is 5.91 Å². The van der Waals surface area contributed by atoms with Gasteiger partial charge in [-0.3, -0.25) is 4.79 Å². The number of benzene rings is 1. The number of aryl methyl sites for hydroxylation is 1. The molecule has 0 unspecified atom stereocenters. The third-order valence-corrected chi connectivity index (χ3v) is 4.71. The largest absolute Gasteiger partial charge is 0.497 e. The quantitative estimate of drug-likeness (QED) is 0.274. The summed E-state index contributed by atoms with van der Waals surface area (Å²) in [6.07, 6.45) is 0. The van der Waals surface area contributed by atoms with Crippen LogP contribution in [0, 0.1) is 12.3 Å². The number of methoxy groups -OCH3 is 1. The molecule has 2 aromatic rings. The Labute approximate surface area is 195 Å². The summed E-state index contributed by atoms with van der Waals surface area (Å²) in [6.45, 7) is 7.04. The number of nitrogens with zero attached hydrogens (tertiary/aromatic N) is 4. The highest BCUT2D eigenvalue weighted by atomic mass is 127. The monoisotopic (exact) mass is 529 g/mol.